The van der Waals surface area contributed by atoms with E-state index in [0.717, 1.165) is 19.4 Å². The Morgan fingerprint density at radius 2 is 2.13 bits per heavy atom. The molecule has 0 aromatic carbocycles. The Balaban J connectivity index is 2.71. The summed E-state index contributed by atoms with van der Waals surface area (Å²) in [7, 11) is 0. The Bertz CT molecular complexity index is 242. The first-order chi connectivity index (χ1) is 6.94. The van der Waals surface area contributed by atoms with Crippen molar-refractivity contribution < 1.29 is 4.79 Å². The number of carbonyl (C=O) groups excluding carboxylic acids is 1. The van der Waals surface area contributed by atoms with E-state index in [1.807, 2.05) is 11.8 Å². The highest BCUT2D eigenvalue weighted by molar-refractivity contribution is 5.88. The summed E-state index contributed by atoms with van der Waals surface area (Å²) in [6.45, 7) is 11.4. The highest BCUT2D eigenvalue weighted by Crippen LogP contribution is 2.24. The molecule has 1 amide bonds. The van der Waals surface area contributed by atoms with E-state index >= 15 is 0 Å². The maximum atomic E-state index is 12.2. The normalized spacial score (nSPS) is 33.5. The van der Waals surface area contributed by atoms with Gasteiger partial charge in [-0.1, -0.05) is 27.2 Å². The van der Waals surface area contributed by atoms with Gasteiger partial charge in [0.05, 0.1) is 11.7 Å². The van der Waals surface area contributed by atoms with Crippen LogP contribution in [0.3, 0.4) is 0 Å². The number of hydrogen-bond acceptors (Lipinski definition) is 2. The average Bonchev–Trinajstić information content (AvgIpc) is 2.42. The topological polar surface area (TPSA) is 32.3 Å². The standard InChI is InChI=1S/C12H24N2O/c1-6-9(3)8-14-10(4)13-12(5,7-2)11(14)15/h9-10,13H,6-8H2,1-5H3. The molecule has 0 bridgehead atoms. The van der Waals surface area contributed by atoms with Crippen LogP contribution >= 0.6 is 0 Å². The molecule has 0 saturated carbocycles. The summed E-state index contributed by atoms with van der Waals surface area (Å²) in [5, 5.41) is 3.39. The molecule has 3 heteroatoms. The van der Waals surface area contributed by atoms with Crippen LogP contribution in [0.2, 0.25) is 0 Å². The second-order valence-corrected chi connectivity index (χ2v) is 4.98. The van der Waals surface area contributed by atoms with Crippen molar-refractivity contribution in [3.8, 4) is 0 Å². The average molecular weight is 212 g/mol. The number of nitrogens with zero attached hydrogens (tertiary/aromatic N) is 1. The Morgan fingerprint density at radius 3 is 2.53 bits per heavy atom. The summed E-state index contributed by atoms with van der Waals surface area (Å²) in [6, 6.07) is 0. The summed E-state index contributed by atoms with van der Waals surface area (Å²) in [5.41, 5.74) is -0.340. The maximum absolute atomic E-state index is 12.2. The molecule has 0 aliphatic carbocycles. The van der Waals surface area contributed by atoms with Gasteiger partial charge in [-0.05, 0) is 26.2 Å². The lowest BCUT2D eigenvalue weighted by Crippen LogP contribution is -2.43. The van der Waals surface area contributed by atoms with Crippen LogP contribution < -0.4 is 5.32 Å². The summed E-state index contributed by atoms with van der Waals surface area (Å²) >= 11 is 0. The van der Waals surface area contributed by atoms with Gasteiger partial charge < -0.3 is 4.90 Å². The second kappa shape index (κ2) is 4.52. The van der Waals surface area contributed by atoms with Crippen molar-refractivity contribution in [1.82, 2.24) is 10.2 Å². The third-order valence-electron chi connectivity index (χ3n) is 3.64. The number of nitrogens with one attached hydrogen (secondary N) is 1. The van der Waals surface area contributed by atoms with Gasteiger partial charge in [-0.25, -0.2) is 0 Å². The van der Waals surface area contributed by atoms with Gasteiger partial charge in [0.25, 0.3) is 0 Å². The van der Waals surface area contributed by atoms with E-state index in [-0.39, 0.29) is 17.6 Å². The van der Waals surface area contributed by atoms with E-state index in [2.05, 4.69) is 33.0 Å². The zero-order valence-corrected chi connectivity index (χ0v) is 10.6. The Morgan fingerprint density at radius 1 is 1.53 bits per heavy atom. The predicted octanol–water partition coefficient (Wildman–Crippen LogP) is 1.98. The Labute approximate surface area is 93.2 Å². The summed E-state index contributed by atoms with van der Waals surface area (Å²) < 4.78 is 0. The fourth-order valence-corrected chi connectivity index (χ4v) is 2.05. The summed E-state index contributed by atoms with van der Waals surface area (Å²) in [4.78, 5) is 14.2. The molecular formula is C12H24N2O. The van der Waals surface area contributed by atoms with Crippen molar-refractivity contribution >= 4 is 5.91 Å². The van der Waals surface area contributed by atoms with Crippen molar-refractivity contribution in [3.63, 3.8) is 0 Å². The zero-order chi connectivity index (χ0) is 11.6. The van der Waals surface area contributed by atoms with E-state index in [1.165, 1.54) is 0 Å². The van der Waals surface area contributed by atoms with E-state index in [0.29, 0.717) is 5.92 Å². The lowest BCUT2D eigenvalue weighted by molar-refractivity contribution is -0.133. The number of hydrogen-bond donors (Lipinski definition) is 1. The van der Waals surface area contributed by atoms with Crippen LogP contribution in [0.5, 0.6) is 0 Å². The monoisotopic (exact) mass is 212 g/mol. The minimum atomic E-state index is -0.340. The van der Waals surface area contributed by atoms with Gasteiger partial charge in [-0.2, -0.15) is 0 Å². The zero-order valence-electron chi connectivity index (χ0n) is 10.6. The Hall–Kier alpha value is -0.570. The molecule has 15 heavy (non-hydrogen) atoms. The molecule has 3 nitrogen and oxygen atoms in total. The van der Waals surface area contributed by atoms with Gasteiger partial charge in [0.2, 0.25) is 5.91 Å². The van der Waals surface area contributed by atoms with Gasteiger partial charge in [-0.3, -0.25) is 10.1 Å². The lowest BCUT2D eigenvalue weighted by Gasteiger charge is -2.24. The third kappa shape index (κ3) is 2.33. The van der Waals surface area contributed by atoms with Crippen LogP contribution in [0.4, 0.5) is 0 Å². The highest BCUT2D eigenvalue weighted by atomic mass is 16.2. The van der Waals surface area contributed by atoms with E-state index < -0.39 is 0 Å². The Kier molecular flexibility index (Phi) is 3.77. The van der Waals surface area contributed by atoms with Crippen molar-refractivity contribution in [2.45, 2.75) is 59.2 Å². The van der Waals surface area contributed by atoms with E-state index in [4.69, 9.17) is 0 Å². The maximum Gasteiger partial charge on any atom is 0.243 e. The molecule has 1 fully saturated rings. The molecule has 3 atom stereocenters. The number of amides is 1. The molecule has 1 heterocycles. The summed E-state index contributed by atoms with van der Waals surface area (Å²) in [5.74, 6) is 0.843. The fraction of sp³-hybridized carbons (Fsp3) is 0.917. The lowest BCUT2D eigenvalue weighted by atomic mass is 9.99. The van der Waals surface area contributed by atoms with E-state index in [9.17, 15) is 4.79 Å². The summed E-state index contributed by atoms with van der Waals surface area (Å²) in [6.07, 6.45) is 2.16. The van der Waals surface area contributed by atoms with Gasteiger partial charge in [0.15, 0.2) is 0 Å². The first kappa shape index (κ1) is 12.5. The largest absolute Gasteiger partial charge is 0.326 e. The molecule has 1 saturated heterocycles. The van der Waals surface area contributed by atoms with Crippen molar-refractivity contribution in [2.24, 2.45) is 5.92 Å². The van der Waals surface area contributed by atoms with Crippen molar-refractivity contribution in [3.05, 3.63) is 0 Å². The molecule has 1 N–H and O–H groups in total. The van der Waals surface area contributed by atoms with Crippen LogP contribution in [0.1, 0.15) is 47.5 Å². The molecule has 0 aromatic rings. The molecule has 0 spiro atoms. The molecular weight excluding hydrogens is 188 g/mol. The van der Waals surface area contributed by atoms with Gasteiger partial charge in [0, 0.05) is 6.54 Å². The minimum absolute atomic E-state index is 0.177. The number of rotatable bonds is 4. The quantitative estimate of drug-likeness (QED) is 0.773. The van der Waals surface area contributed by atoms with Crippen LogP contribution in [-0.4, -0.2) is 29.1 Å². The van der Waals surface area contributed by atoms with Gasteiger partial charge in [-0.15, -0.1) is 0 Å². The predicted molar refractivity (Wildman–Crippen MR) is 62.5 cm³/mol. The van der Waals surface area contributed by atoms with Crippen LogP contribution in [0, 0.1) is 5.92 Å². The first-order valence-corrected chi connectivity index (χ1v) is 6.03. The highest BCUT2D eigenvalue weighted by Gasteiger charge is 2.44. The second-order valence-electron chi connectivity index (χ2n) is 4.98. The number of carbonyl (C=O) groups is 1. The van der Waals surface area contributed by atoms with Crippen LogP contribution in [0.15, 0.2) is 0 Å². The SMILES string of the molecule is CCC(C)CN1C(=O)C(C)(CC)NC1C. The molecule has 1 aliphatic rings. The molecule has 0 aromatic heterocycles. The van der Waals surface area contributed by atoms with Crippen molar-refractivity contribution in [2.75, 3.05) is 6.54 Å². The molecule has 1 rings (SSSR count). The van der Waals surface area contributed by atoms with Crippen LogP contribution in [-0.2, 0) is 4.79 Å². The van der Waals surface area contributed by atoms with Gasteiger partial charge in [0.1, 0.15) is 0 Å². The smallest absolute Gasteiger partial charge is 0.243 e. The molecule has 0 radical (unpaired) electrons. The fourth-order valence-electron chi connectivity index (χ4n) is 2.05. The third-order valence-corrected chi connectivity index (χ3v) is 3.64. The molecule has 3 unspecified atom stereocenters. The van der Waals surface area contributed by atoms with E-state index in [1.54, 1.807) is 0 Å². The van der Waals surface area contributed by atoms with Crippen LogP contribution in [0.25, 0.3) is 0 Å². The van der Waals surface area contributed by atoms with Crippen molar-refractivity contribution in [1.29, 1.82) is 0 Å². The molecule has 88 valence electrons. The minimum Gasteiger partial charge on any atom is -0.326 e. The van der Waals surface area contributed by atoms with Gasteiger partial charge >= 0.3 is 0 Å². The first-order valence-electron chi connectivity index (χ1n) is 6.03. The molecule has 1 aliphatic heterocycles.